The van der Waals surface area contributed by atoms with E-state index in [1.807, 2.05) is 36.4 Å². The van der Waals surface area contributed by atoms with Gasteiger partial charge in [0, 0.05) is 18.6 Å². The highest BCUT2D eigenvalue weighted by molar-refractivity contribution is 5.86. The van der Waals surface area contributed by atoms with E-state index in [-0.39, 0.29) is 18.7 Å². The molecule has 0 aliphatic rings. The Balaban J connectivity index is 1.75. The fourth-order valence-corrected chi connectivity index (χ4v) is 3.20. The van der Waals surface area contributed by atoms with E-state index in [0.29, 0.717) is 25.2 Å². The lowest BCUT2D eigenvalue weighted by atomic mass is 10.1. The van der Waals surface area contributed by atoms with Gasteiger partial charge >= 0.3 is 5.97 Å². The smallest absolute Gasteiger partial charge is 0.333 e. The number of carbonyl (C=O) groups excluding carboxylic acids is 1. The van der Waals surface area contributed by atoms with Crippen molar-refractivity contribution in [3.63, 3.8) is 0 Å². The number of carbonyl (C=O) groups is 1. The van der Waals surface area contributed by atoms with Crippen LogP contribution in [0.25, 0.3) is 11.1 Å². The minimum Gasteiger partial charge on any atom is -0.494 e. The standard InChI is InChI=1S/C27H36O5/c1-4-24(9-6-5-7-19-31-27(29)21(2)3)32-26-16-12-23(13-17-26)22-10-14-25(15-11-22)30-20-8-18-28/h10-17,24,28H,2,4-9,18-20H2,1,3H3. The van der Waals surface area contributed by atoms with Crippen molar-refractivity contribution >= 4 is 5.97 Å². The summed E-state index contributed by atoms with van der Waals surface area (Å²) < 4.78 is 16.9. The molecule has 0 aromatic heterocycles. The molecule has 0 fully saturated rings. The molecule has 5 nitrogen and oxygen atoms in total. The molecular weight excluding hydrogens is 404 g/mol. The van der Waals surface area contributed by atoms with E-state index in [9.17, 15) is 4.79 Å². The first-order valence-electron chi connectivity index (χ1n) is 11.5. The van der Waals surface area contributed by atoms with E-state index in [0.717, 1.165) is 54.7 Å². The molecule has 1 atom stereocenters. The van der Waals surface area contributed by atoms with Crippen molar-refractivity contribution in [2.45, 2.75) is 58.5 Å². The predicted octanol–water partition coefficient (Wildman–Crippen LogP) is 5.95. The van der Waals surface area contributed by atoms with Gasteiger partial charge in [-0.3, -0.25) is 0 Å². The Morgan fingerprint density at radius 3 is 2.09 bits per heavy atom. The highest BCUT2D eigenvalue weighted by atomic mass is 16.5. The number of aliphatic hydroxyl groups excluding tert-OH is 1. The highest BCUT2D eigenvalue weighted by Crippen LogP contribution is 2.26. The average molecular weight is 441 g/mol. The zero-order chi connectivity index (χ0) is 23.2. The topological polar surface area (TPSA) is 65.0 Å². The van der Waals surface area contributed by atoms with Gasteiger partial charge in [0.05, 0.1) is 19.3 Å². The molecular formula is C27H36O5. The lowest BCUT2D eigenvalue weighted by Crippen LogP contribution is -2.15. The summed E-state index contributed by atoms with van der Waals surface area (Å²) >= 11 is 0. The minimum atomic E-state index is -0.314. The Kier molecular flexibility index (Phi) is 11.4. The van der Waals surface area contributed by atoms with E-state index in [1.165, 1.54) is 0 Å². The van der Waals surface area contributed by atoms with Crippen molar-refractivity contribution in [3.05, 3.63) is 60.7 Å². The molecule has 0 bridgehead atoms. The first-order valence-corrected chi connectivity index (χ1v) is 11.5. The first-order chi connectivity index (χ1) is 15.5. The van der Waals surface area contributed by atoms with E-state index in [1.54, 1.807) is 6.92 Å². The highest BCUT2D eigenvalue weighted by Gasteiger charge is 2.09. The molecule has 2 rings (SSSR count). The third-order valence-corrected chi connectivity index (χ3v) is 5.12. The van der Waals surface area contributed by atoms with Crippen LogP contribution in [0.4, 0.5) is 0 Å². The van der Waals surface area contributed by atoms with E-state index in [2.05, 4.69) is 25.6 Å². The van der Waals surface area contributed by atoms with Crippen LogP contribution in [0.2, 0.25) is 0 Å². The number of hydrogen-bond donors (Lipinski definition) is 1. The molecule has 32 heavy (non-hydrogen) atoms. The Morgan fingerprint density at radius 2 is 1.53 bits per heavy atom. The van der Waals surface area contributed by atoms with Crippen LogP contribution in [0.5, 0.6) is 11.5 Å². The van der Waals surface area contributed by atoms with Crippen LogP contribution in [-0.2, 0) is 9.53 Å². The second-order valence-electron chi connectivity index (χ2n) is 7.89. The van der Waals surface area contributed by atoms with Crippen LogP contribution < -0.4 is 9.47 Å². The molecule has 2 aromatic carbocycles. The molecule has 0 radical (unpaired) electrons. The molecule has 0 saturated carbocycles. The lowest BCUT2D eigenvalue weighted by molar-refractivity contribution is -0.139. The molecule has 2 aromatic rings. The largest absolute Gasteiger partial charge is 0.494 e. The van der Waals surface area contributed by atoms with Crippen molar-refractivity contribution < 1.29 is 24.1 Å². The number of benzene rings is 2. The van der Waals surface area contributed by atoms with Crippen LogP contribution in [0, 0.1) is 0 Å². The Bertz CT molecular complexity index is 811. The van der Waals surface area contributed by atoms with E-state index in [4.69, 9.17) is 19.3 Å². The summed E-state index contributed by atoms with van der Waals surface area (Å²) in [5, 5.41) is 8.83. The monoisotopic (exact) mass is 440 g/mol. The summed E-state index contributed by atoms with van der Waals surface area (Å²) in [5.41, 5.74) is 2.68. The molecule has 0 saturated heterocycles. The molecule has 0 aliphatic heterocycles. The summed E-state index contributed by atoms with van der Waals surface area (Å²) in [6.07, 6.45) is 5.63. The second kappa shape index (κ2) is 14.3. The van der Waals surface area contributed by atoms with Gasteiger partial charge in [0.15, 0.2) is 0 Å². The SMILES string of the molecule is C=C(C)C(=O)OCCCCCC(CC)Oc1ccc(-c2ccc(OCCCO)cc2)cc1. The van der Waals surface area contributed by atoms with Crippen LogP contribution in [-0.4, -0.2) is 37.0 Å². The quantitative estimate of drug-likeness (QED) is 0.211. The minimum absolute atomic E-state index is 0.137. The van der Waals surface area contributed by atoms with Crippen molar-refractivity contribution in [1.29, 1.82) is 0 Å². The molecule has 174 valence electrons. The summed E-state index contributed by atoms with van der Waals surface area (Å²) in [6, 6.07) is 16.1. The molecule has 0 spiro atoms. The molecule has 5 heteroatoms. The number of hydrogen-bond acceptors (Lipinski definition) is 5. The maximum atomic E-state index is 11.4. The molecule has 0 amide bonds. The molecule has 1 unspecified atom stereocenters. The summed E-state index contributed by atoms with van der Waals surface area (Å²) in [6.45, 7) is 8.47. The van der Waals surface area contributed by atoms with Gasteiger partial charge in [-0.1, -0.05) is 37.8 Å². The fraction of sp³-hybridized carbons (Fsp3) is 0.444. The third-order valence-electron chi connectivity index (χ3n) is 5.12. The molecule has 0 heterocycles. The number of rotatable bonds is 15. The van der Waals surface area contributed by atoms with Crippen LogP contribution >= 0.6 is 0 Å². The van der Waals surface area contributed by atoms with Gasteiger partial charge in [-0.25, -0.2) is 4.79 Å². The van der Waals surface area contributed by atoms with E-state index < -0.39 is 0 Å². The van der Waals surface area contributed by atoms with Gasteiger partial charge < -0.3 is 19.3 Å². The summed E-state index contributed by atoms with van der Waals surface area (Å²) in [5.74, 6) is 1.37. The van der Waals surface area contributed by atoms with E-state index >= 15 is 0 Å². The van der Waals surface area contributed by atoms with Crippen LogP contribution in [0.1, 0.15) is 52.4 Å². The van der Waals surface area contributed by atoms with Gasteiger partial charge in [-0.2, -0.15) is 0 Å². The van der Waals surface area contributed by atoms with Crippen molar-refractivity contribution in [2.75, 3.05) is 19.8 Å². The number of ether oxygens (including phenoxy) is 3. The average Bonchev–Trinajstić information content (AvgIpc) is 2.81. The third kappa shape index (κ3) is 9.15. The number of unbranched alkanes of at least 4 members (excludes halogenated alkanes) is 2. The van der Waals surface area contributed by atoms with Gasteiger partial charge in [0.1, 0.15) is 11.5 Å². The van der Waals surface area contributed by atoms with Crippen molar-refractivity contribution in [1.82, 2.24) is 0 Å². The van der Waals surface area contributed by atoms with Crippen molar-refractivity contribution in [3.8, 4) is 22.6 Å². The number of aliphatic hydroxyl groups is 1. The first kappa shape index (κ1) is 25.5. The summed E-state index contributed by atoms with van der Waals surface area (Å²) in [7, 11) is 0. The number of esters is 1. The maximum Gasteiger partial charge on any atom is 0.333 e. The lowest BCUT2D eigenvalue weighted by Gasteiger charge is -2.18. The molecule has 1 N–H and O–H groups in total. The zero-order valence-corrected chi connectivity index (χ0v) is 19.3. The second-order valence-corrected chi connectivity index (χ2v) is 7.89. The zero-order valence-electron chi connectivity index (χ0n) is 19.3. The summed E-state index contributed by atoms with van der Waals surface area (Å²) in [4.78, 5) is 11.4. The van der Waals surface area contributed by atoms with Gasteiger partial charge in [-0.15, -0.1) is 0 Å². The van der Waals surface area contributed by atoms with Crippen LogP contribution in [0.15, 0.2) is 60.7 Å². The Labute approximate surface area is 192 Å². The Morgan fingerprint density at radius 1 is 0.906 bits per heavy atom. The maximum absolute atomic E-state index is 11.4. The Hall–Kier alpha value is -2.79. The van der Waals surface area contributed by atoms with Gasteiger partial charge in [0.25, 0.3) is 0 Å². The van der Waals surface area contributed by atoms with Crippen LogP contribution in [0.3, 0.4) is 0 Å². The molecule has 0 aliphatic carbocycles. The predicted molar refractivity (Wildman–Crippen MR) is 128 cm³/mol. The fourth-order valence-electron chi connectivity index (χ4n) is 3.20. The van der Waals surface area contributed by atoms with Gasteiger partial charge in [-0.05, 0) is 74.4 Å². The van der Waals surface area contributed by atoms with Gasteiger partial charge in [0.2, 0.25) is 0 Å². The normalized spacial score (nSPS) is 11.6. The van der Waals surface area contributed by atoms with Crippen molar-refractivity contribution in [2.24, 2.45) is 0 Å².